The molecule has 2 aromatic carbocycles. The van der Waals surface area contributed by atoms with Crippen LogP contribution in [0.2, 0.25) is 5.02 Å². The Hall–Kier alpha value is -2.26. The molecule has 4 nitrogen and oxygen atoms in total. The predicted octanol–water partition coefficient (Wildman–Crippen LogP) is 3.55. The molecule has 0 saturated heterocycles. The Bertz CT molecular complexity index is 787. The van der Waals surface area contributed by atoms with Crippen LogP contribution in [0, 0.1) is 12.3 Å². The fraction of sp³-hybridized carbons (Fsp3) is 0.250. The predicted molar refractivity (Wildman–Crippen MR) is 108 cm³/mol. The van der Waals surface area contributed by atoms with Crippen LogP contribution < -0.4 is 14.8 Å². The molecule has 0 heterocycles. The van der Waals surface area contributed by atoms with Crippen LogP contribution in [0.5, 0.6) is 11.5 Å². The Morgan fingerprint density at radius 3 is 2.65 bits per heavy atom. The van der Waals surface area contributed by atoms with Crippen molar-refractivity contribution in [3.8, 4) is 23.8 Å². The number of methoxy groups -OCH3 is 1. The van der Waals surface area contributed by atoms with E-state index >= 15 is 0 Å². The largest absolute Gasteiger partial charge is 0.493 e. The van der Waals surface area contributed by atoms with Crippen LogP contribution in [-0.2, 0) is 6.42 Å². The molecule has 0 aliphatic heterocycles. The van der Waals surface area contributed by atoms with Crippen molar-refractivity contribution >= 4 is 28.8 Å². The summed E-state index contributed by atoms with van der Waals surface area (Å²) in [5.41, 5.74) is 1.75. The van der Waals surface area contributed by atoms with Gasteiger partial charge in [0, 0.05) is 11.6 Å². The van der Waals surface area contributed by atoms with E-state index in [4.69, 9.17) is 39.7 Å². The van der Waals surface area contributed by atoms with Crippen molar-refractivity contribution in [1.82, 2.24) is 5.32 Å². The van der Waals surface area contributed by atoms with Crippen LogP contribution >= 0.6 is 23.8 Å². The SMILES string of the molecule is C#CCOc1ccc(CCNC(=S)C(O)c2ccc(Cl)cc2)cc1OC. The van der Waals surface area contributed by atoms with E-state index in [1.165, 1.54) is 0 Å². The summed E-state index contributed by atoms with van der Waals surface area (Å²) in [7, 11) is 1.58. The zero-order chi connectivity index (χ0) is 18.9. The summed E-state index contributed by atoms with van der Waals surface area (Å²) in [4.78, 5) is 0.369. The number of halogens is 1. The average Bonchev–Trinajstić information content (AvgIpc) is 2.66. The van der Waals surface area contributed by atoms with Gasteiger partial charge in [-0.15, -0.1) is 6.42 Å². The molecular weight excluding hydrogens is 370 g/mol. The molecule has 1 atom stereocenters. The lowest BCUT2D eigenvalue weighted by Crippen LogP contribution is -2.29. The molecule has 26 heavy (non-hydrogen) atoms. The number of thiocarbonyl (C=S) groups is 1. The molecule has 0 spiro atoms. The molecule has 1 unspecified atom stereocenters. The van der Waals surface area contributed by atoms with Crippen molar-refractivity contribution in [3.05, 3.63) is 58.6 Å². The second-order valence-corrected chi connectivity index (χ2v) is 6.35. The monoisotopic (exact) mass is 389 g/mol. The molecular formula is C20H20ClNO3S. The van der Waals surface area contributed by atoms with E-state index in [1.54, 1.807) is 31.4 Å². The summed E-state index contributed by atoms with van der Waals surface area (Å²) >= 11 is 11.1. The number of aliphatic hydroxyl groups excluding tert-OH is 1. The van der Waals surface area contributed by atoms with Crippen LogP contribution in [0.4, 0.5) is 0 Å². The minimum absolute atomic E-state index is 0.189. The molecule has 0 saturated carbocycles. The molecule has 6 heteroatoms. The fourth-order valence-corrected chi connectivity index (χ4v) is 2.69. The number of nitrogens with one attached hydrogen (secondary N) is 1. The van der Waals surface area contributed by atoms with Crippen molar-refractivity contribution in [2.24, 2.45) is 0 Å². The Labute approximate surface area is 164 Å². The second-order valence-electron chi connectivity index (χ2n) is 5.47. The van der Waals surface area contributed by atoms with Crippen molar-refractivity contribution in [3.63, 3.8) is 0 Å². The maximum absolute atomic E-state index is 10.3. The third-order valence-electron chi connectivity index (χ3n) is 3.69. The van der Waals surface area contributed by atoms with Crippen LogP contribution in [0.1, 0.15) is 17.2 Å². The molecule has 0 aromatic heterocycles. The number of aliphatic hydroxyl groups is 1. The van der Waals surface area contributed by atoms with Crippen molar-refractivity contribution in [2.45, 2.75) is 12.5 Å². The first-order valence-electron chi connectivity index (χ1n) is 7.99. The highest BCUT2D eigenvalue weighted by Gasteiger charge is 2.13. The standard InChI is InChI=1S/C20H20ClNO3S/c1-3-12-25-17-9-4-14(13-18(17)24-2)10-11-22-20(26)19(23)15-5-7-16(21)8-6-15/h1,4-9,13,19,23H,10-12H2,2H3,(H,22,26). The number of ether oxygens (including phenoxy) is 2. The minimum atomic E-state index is -0.864. The topological polar surface area (TPSA) is 50.7 Å². The molecule has 0 radical (unpaired) electrons. The normalized spacial score (nSPS) is 11.3. The quantitative estimate of drug-likeness (QED) is 0.534. The number of hydrogen-bond acceptors (Lipinski definition) is 4. The Morgan fingerprint density at radius 1 is 1.27 bits per heavy atom. The maximum Gasteiger partial charge on any atom is 0.162 e. The Morgan fingerprint density at radius 2 is 2.00 bits per heavy atom. The van der Waals surface area contributed by atoms with E-state index in [0.717, 1.165) is 5.56 Å². The lowest BCUT2D eigenvalue weighted by Gasteiger charge is -2.15. The van der Waals surface area contributed by atoms with Gasteiger partial charge in [-0.3, -0.25) is 0 Å². The number of terminal acetylenes is 1. The zero-order valence-corrected chi connectivity index (χ0v) is 15.9. The van der Waals surface area contributed by atoms with E-state index < -0.39 is 6.10 Å². The molecule has 0 fully saturated rings. The first kappa shape index (κ1) is 20.1. The summed E-state index contributed by atoms with van der Waals surface area (Å²) in [6.07, 6.45) is 5.05. The van der Waals surface area contributed by atoms with Crippen LogP contribution in [-0.4, -0.2) is 30.4 Å². The maximum atomic E-state index is 10.3. The molecule has 0 aliphatic rings. The molecule has 2 N–H and O–H groups in total. The first-order chi connectivity index (χ1) is 12.5. The fourth-order valence-electron chi connectivity index (χ4n) is 2.33. The third-order valence-corrected chi connectivity index (χ3v) is 4.31. The molecule has 136 valence electrons. The minimum Gasteiger partial charge on any atom is -0.493 e. The summed E-state index contributed by atoms with van der Waals surface area (Å²) < 4.78 is 10.7. The number of benzene rings is 2. The summed E-state index contributed by atoms with van der Waals surface area (Å²) in [6, 6.07) is 12.6. The van der Waals surface area contributed by atoms with E-state index in [0.29, 0.717) is 40.0 Å². The smallest absolute Gasteiger partial charge is 0.162 e. The van der Waals surface area contributed by atoms with Gasteiger partial charge in [-0.1, -0.05) is 47.9 Å². The number of hydrogen-bond donors (Lipinski definition) is 2. The van der Waals surface area contributed by atoms with Gasteiger partial charge >= 0.3 is 0 Å². The van der Waals surface area contributed by atoms with Gasteiger partial charge in [-0.05, 0) is 41.8 Å². The summed E-state index contributed by atoms with van der Waals surface area (Å²) in [5.74, 6) is 3.66. The Kier molecular flexibility index (Phi) is 7.73. The third kappa shape index (κ3) is 5.63. The first-order valence-corrected chi connectivity index (χ1v) is 8.78. The van der Waals surface area contributed by atoms with Crippen molar-refractivity contribution in [1.29, 1.82) is 0 Å². The van der Waals surface area contributed by atoms with Crippen molar-refractivity contribution in [2.75, 3.05) is 20.3 Å². The molecule has 0 amide bonds. The molecule has 0 bridgehead atoms. The van der Waals surface area contributed by atoms with Gasteiger partial charge in [0.25, 0.3) is 0 Å². The highest BCUT2D eigenvalue weighted by atomic mass is 35.5. The van der Waals surface area contributed by atoms with Crippen molar-refractivity contribution < 1.29 is 14.6 Å². The summed E-state index contributed by atoms with van der Waals surface area (Å²) in [6.45, 7) is 0.769. The van der Waals surface area contributed by atoms with Gasteiger partial charge < -0.3 is 19.9 Å². The van der Waals surface area contributed by atoms with E-state index in [2.05, 4.69) is 11.2 Å². The van der Waals surface area contributed by atoms with Crippen LogP contribution in [0.3, 0.4) is 0 Å². The number of rotatable bonds is 8. The lowest BCUT2D eigenvalue weighted by atomic mass is 10.1. The average molecular weight is 390 g/mol. The second kappa shape index (κ2) is 10.0. The molecule has 2 rings (SSSR count). The van der Waals surface area contributed by atoms with E-state index in [9.17, 15) is 5.11 Å². The van der Waals surface area contributed by atoms with Crippen LogP contribution in [0.25, 0.3) is 0 Å². The van der Waals surface area contributed by atoms with Gasteiger partial charge in [-0.25, -0.2) is 0 Å². The molecule has 0 aliphatic carbocycles. The van der Waals surface area contributed by atoms with Crippen LogP contribution in [0.15, 0.2) is 42.5 Å². The van der Waals surface area contributed by atoms with E-state index in [1.807, 2.05) is 18.2 Å². The van der Waals surface area contributed by atoms with Gasteiger partial charge in [0.1, 0.15) is 17.7 Å². The van der Waals surface area contributed by atoms with Gasteiger partial charge in [-0.2, -0.15) is 0 Å². The van der Waals surface area contributed by atoms with Gasteiger partial charge in [0.2, 0.25) is 0 Å². The van der Waals surface area contributed by atoms with Gasteiger partial charge in [0.05, 0.1) is 7.11 Å². The lowest BCUT2D eigenvalue weighted by molar-refractivity contribution is 0.246. The zero-order valence-electron chi connectivity index (χ0n) is 14.4. The van der Waals surface area contributed by atoms with E-state index in [-0.39, 0.29) is 6.61 Å². The summed E-state index contributed by atoms with van der Waals surface area (Å²) in [5, 5.41) is 14.0. The molecule has 2 aromatic rings. The highest BCUT2D eigenvalue weighted by Crippen LogP contribution is 2.28. The van der Waals surface area contributed by atoms with Gasteiger partial charge in [0.15, 0.2) is 11.5 Å². The highest BCUT2D eigenvalue weighted by molar-refractivity contribution is 7.80. The Balaban J connectivity index is 1.89.